The molecule has 0 saturated carbocycles. The second-order valence-electron chi connectivity index (χ2n) is 10.5. The van der Waals surface area contributed by atoms with Crippen LogP contribution < -0.4 is 18.9 Å². The van der Waals surface area contributed by atoms with Gasteiger partial charge >= 0.3 is 0 Å². The lowest BCUT2D eigenvalue weighted by atomic mass is 10.0. The van der Waals surface area contributed by atoms with Gasteiger partial charge in [0, 0.05) is 62.3 Å². The van der Waals surface area contributed by atoms with Crippen LogP contribution in [0.5, 0.6) is 23.0 Å². The third kappa shape index (κ3) is 6.49. The Morgan fingerprint density at radius 2 is 1.09 bits per heavy atom. The van der Waals surface area contributed by atoms with E-state index in [-0.39, 0.29) is 0 Å². The first kappa shape index (κ1) is 33.0. The van der Waals surface area contributed by atoms with Crippen LogP contribution in [0.3, 0.4) is 0 Å². The summed E-state index contributed by atoms with van der Waals surface area (Å²) in [5.41, 5.74) is 7.07. The molecule has 0 atom stereocenters. The Kier molecular flexibility index (Phi) is 10.1. The molecule has 0 radical (unpaired) electrons. The zero-order valence-electron chi connectivity index (χ0n) is 27.7. The molecule has 0 bridgehead atoms. The van der Waals surface area contributed by atoms with E-state index in [2.05, 4.69) is 16.3 Å². The van der Waals surface area contributed by atoms with E-state index < -0.39 is 6.29 Å². The van der Waals surface area contributed by atoms with Crippen LogP contribution in [0.4, 0.5) is 0 Å². The summed E-state index contributed by atoms with van der Waals surface area (Å²) in [6.45, 7) is 0. The fourth-order valence-corrected chi connectivity index (χ4v) is 5.56. The van der Waals surface area contributed by atoms with Gasteiger partial charge in [-0.1, -0.05) is 18.2 Å². The van der Waals surface area contributed by atoms with E-state index in [1.165, 1.54) is 0 Å². The number of methoxy groups -OCH3 is 6. The Morgan fingerprint density at radius 1 is 0.596 bits per heavy atom. The number of rotatable bonds is 10. The molecule has 4 aromatic carbocycles. The standard InChI is InChI=1S/C19H22N2O4.C17H16N2O3/c1-21-16-10-12(14-9-7-13(22-2)11-17(14)23-3)6-8-15(16)18(20-21)19(24-4)25-5;1-19-16-8-11(4-6-14(16)15(10-20)18-19)13-7-5-12(21-2)9-17(13)22-3/h6-11,19H,1-5H3;4-10H,1-3H3. The molecule has 11 heteroatoms. The van der Waals surface area contributed by atoms with Gasteiger partial charge in [-0.2, -0.15) is 10.2 Å². The van der Waals surface area contributed by atoms with E-state index in [9.17, 15) is 4.79 Å². The Labute approximate surface area is 273 Å². The summed E-state index contributed by atoms with van der Waals surface area (Å²) in [6.07, 6.45) is 0.278. The molecule has 0 N–H and O–H groups in total. The van der Waals surface area contributed by atoms with Crippen molar-refractivity contribution in [2.24, 2.45) is 14.1 Å². The Hall–Kier alpha value is -5.39. The lowest BCUT2D eigenvalue weighted by Gasteiger charge is -2.12. The molecule has 0 fully saturated rings. The van der Waals surface area contributed by atoms with Crippen LogP contribution in [-0.2, 0) is 23.6 Å². The number of benzene rings is 4. The van der Waals surface area contributed by atoms with Crippen molar-refractivity contribution in [3.63, 3.8) is 0 Å². The van der Waals surface area contributed by atoms with Crippen molar-refractivity contribution in [3.05, 3.63) is 84.2 Å². The third-order valence-electron chi connectivity index (χ3n) is 7.96. The van der Waals surface area contributed by atoms with Gasteiger partial charge in [-0.05, 0) is 53.6 Å². The molecule has 6 rings (SSSR count). The number of carbonyl (C=O) groups excluding carboxylic acids is 1. The maximum atomic E-state index is 11.0. The van der Waals surface area contributed by atoms with Crippen molar-refractivity contribution in [1.29, 1.82) is 0 Å². The molecule has 2 aromatic heterocycles. The van der Waals surface area contributed by atoms with Crippen LogP contribution >= 0.6 is 0 Å². The van der Waals surface area contributed by atoms with E-state index >= 15 is 0 Å². The molecule has 0 amide bonds. The van der Waals surface area contributed by atoms with Crippen molar-refractivity contribution in [2.75, 3.05) is 42.7 Å². The summed E-state index contributed by atoms with van der Waals surface area (Å²) >= 11 is 0. The van der Waals surface area contributed by atoms with E-state index in [0.29, 0.717) is 5.69 Å². The van der Waals surface area contributed by atoms with Gasteiger partial charge in [-0.3, -0.25) is 14.2 Å². The smallest absolute Gasteiger partial charge is 0.203 e. The maximum absolute atomic E-state index is 11.0. The predicted molar refractivity (Wildman–Crippen MR) is 181 cm³/mol. The number of aromatic nitrogens is 4. The minimum absolute atomic E-state index is 0.450. The summed E-state index contributed by atoms with van der Waals surface area (Å²) in [4.78, 5) is 11.0. The van der Waals surface area contributed by atoms with E-state index in [0.717, 1.165) is 79.0 Å². The lowest BCUT2D eigenvalue weighted by Crippen LogP contribution is -2.05. The summed E-state index contributed by atoms with van der Waals surface area (Å²) in [6, 6.07) is 23.5. The molecular weight excluding hydrogens is 600 g/mol. The number of carbonyl (C=O) groups is 1. The third-order valence-corrected chi connectivity index (χ3v) is 7.96. The van der Waals surface area contributed by atoms with Gasteiger partial charge in [0.05, 0.1) is 39.5 Å². The van der Waals surface area contributed by atoms with E-state index in [4.69, 9.17) is 28.4 Å². The van der Waals surface area contributed by atoms with Crippen LogP contribution in [-0.4, -0.2) is 68.5 Å². The zero-order chi connectivity index (χ0) is 33.7. The minimum atomic E-state index is -0.495. The van der Waals surface area contributed by atoms with Crippen molar-refractivity contribution in [1.82, 2.24) is 19.6 Å². The van der Waals surface area contributed by atoms with Gasteiger partial charge in [0.15, 0.2) is 6.29 Å². The van der Waals surface area contributed by atoms with Gasteiger partial charge in [0.1, 0.15) is 34.4 Å². The molecule has 47 heavy (non-hydrogen) atoms. The molecule has 0 aliphatic rings. The lowest BCUT2D eigenvalue weighted by molar-refractivity contribution is -0.108. The average Bonchev–Trinajstić information content (AvgIpc) is 3.62. The van der Waals surface area contributed by atoms with Crippen LogP contribution in [0.15, 0.2) is 72.8 Å². The second-order valence-corrected chi connectivity index (χ2v) is 10.5. The Morgan fingerprint density at radius 3 is 1.55 bits per heavy atom. The highest BCUT2D eigenvalue weighted by Gasteiger charge is 2.19. The number of hydrogen-bond acceptors (Lipinski definition) is 9. The Bertz CT molecular complexity index is 2030. The average molecular weight is 639 g/mol. The molecule has 0 aliphatic heterocycles. The van der Waals surface area contributed by atoms with Crippen LogP contribution in [0, 0.1) is 0 Å². The first-order valence-corrected chi connectivity index (χ1v) is 14.7. The quantitative estimate of drug-likeness (QED) is 0.121. The second kappa shape index (κ2) is 14.4. The number of aldehydes is 1. The molecule has 6 aromatic rings. The van der Waals surface area contributed by atoms with Gasteiger partial charge in [-0.15, -0.1) is 0 Å². The SMILES string of the molecule is COc1ccc(-c2ccc3c(C(OC)OC)nn(C)c3c2)c(OC)c1.COc1ccc(-c2ccc3c(C=O)nn(C)c3c2)c(OC)c1. The summed E-state index contributed by atoms with van der Waals surface area (Å²) in [7, 11) is 13.5. The molecule has 11 nitrogen and oxygen atoms in total. The Balaban J connectivity index is 0.000000186. The van der Waals surface area contributed by atoms with Crippen molar-refractivity contribution in [3.8, 4) is 45.3 Å². The number of fused-ring (bicyclic) bond motifs is 2. The highest BCUT2D eigenvalue weighted by Crippen LogP contribution is 2.37. The highest BCUT2D eigenvalue weighted by molar-refractivity contribution is 5.97. The molecular formula is C36H38N4O7. The molecule has 0 unspecified atom stereocenters. The van der Waals surface area contributed by atoms with E-state index in [1.807, 2.05) is 85.5 Å². The molecule has 0 spiro atoms. The molecule has 0 aliphatic carbocycles. The molecule has 244 valence electrons. The minimum Gasteiger partial charge on any atom is -0.497 e. The number of hydrogen-bond donors (Lipinski definition) is 0. The van der Waals surface area contributed by atoms with E-state index in [1.54, 1.807) is 47.3 Å². The predicted octanol–water partition coefficient (Wildman–Crippen LogP) is 6.62. The largest absolute Gasteiger partial charge is 0.497 e. The van der Waals surface area contributed by atoms with Gasteiger partial charge < -0.3 is 28.4 Å². The van der Waals surface area contributed by atoms with Crippen molar-refractivity contribution >= 4 is 28.1 Å². The van der Waals surface area contributed by atoms with Crippen molar-refractivity contribution in [2.45, 2.75) is 6.29 Å². The summed E-state index contributed by atoms with van der Waals surface area (Å²) < 4.78 is 35.7. The fourth-order valence-electron chi connectivity index (χ4n) is 5.56. The van der Waals surface area contributed by atoms with Crippen molar-refractivity contribution < 1.29 is 33.2 Å². The zero-order valence-corrected chi connectivity index (χ0v) is 27.7. The number of aryl methyl sites for hydroxylation is 2. The first-order valence-electron chi connectivity index (χ1n) is 14.7. The van der Waals surface area contributed by atoms with Crippen LogP contribution in [0.2, 0.25) is 0 Å². The normalized spacial score (nSPS) is 11.0. The van der Waals surface area contributed by atoms with Crippen LogP contribution in [0.1, 0.15) is 22.5 Å². The monoisotopic (exact) mass is 638 g/mol. The fraction of sp³-hybridized carbons (Fsp3) is 0.250. The summed E-state index contributed by atoms with van der Waals surface area (Å²) in [5, 5.41) is 10.6. The molecule has 2 heterocycles. The van der Waals surface area contributed by atoms with Gasteiger partial charge in [-0.25, -0.2) is 0 Å². The number of nitrogens with zero attached hydrogens (tertiary/aromatic N) is 4. The first-order chi connectivity index (χ1) is 22.8. The summed E-state index contributed by atoms with van der Waals surface area (Å²) in [5.74, 6) is 2.99. The van der Waals surface area contributed by atoms with Crippen LogP contribution in [0.25, 0.3) is 44.1 Å². The molecule has 0 saturated heterocycles. The van der Waals surface area contributed by atoms with Gasteiger partial charge in [0.25, 0.3) is 0 Å². The number of ether oxygens (including phenoxy) is 6. The topological polar surface area (TPSA) is 108 Å². The van der Waals surface area contributed by atoms with Gasteiger partial charge in [0.2, 0.25) is 6.29 Å². The maximum Gasteiger partial charge on any atom is 0.203 e. The highest BCUT2D eigenvalue weighted by atomic mass is 16.7.